The molecule has 0 aliphatic carbocycles. The first-order chi connectivity index (χ1) is 11.6. The molecule has 0 saturated carbocycles. The fourth-order valence-electron chi connectivity index (χ4n) is 2.15. The van der Waals surface area contributed by atoms with Gasteiger partial charge in [-0.3, -0.25) is 5.43 Å². The van der Waals surface area contributed by atoms with E-state index in [-0.39, 0.29) is 5.75 Å². The van der Waals surface area contributed by atoms with Crippen LogP contribution in [0.3, 0.4) is 0 Å². The molecule has 0 radical (unpaired) electrons. The zero-order valence-electron chi connectivity index (χ0n) is 12.5. The summed E-state index contributed by atoms with van der Waals surface area (Å²) in [7, 11) is 1.48. The van der Waals surface area contributed by atoms with Crippen molar-refractivity contribution >= 4 is 50.3 Å². The van der Waals surface area contributed by atoms with Crippen molar-refractivity contribution in [1.29, 1.82) is 0 Å². The number of nitrogens with one attached hydrogen (secondary N) is 1. The molecule has 1 aromatic heterocycles. The number of phenolic OH excluding ortho intramolecular Hbond substituents is 1. The molecule has 0 fully saturated rings. The number of rotatable bonds is 4. The molecule has 0 aliphatic rings. The average molecular weight is 408 g/mol. The predicted molar refractivity (Wildman–Crippen MR) is 98.1 cm³/mol. The second kappa shape index (κ2) is 7.02. The Morgan fingerprint density at radius 3 is 2.75 bits per heavy atom. The monoisotopic (exact) mass is 406 g/mol. The minimum Gasteiger partial charge on any atom is -0.503 e. The molecule has 0 aliphatic heterocycles. The molecule has 24 heavy (non-hydrogen) atoms. The second-order valence-corrected chi connectivity index (χ2v) is 6.02. The fourth-order valence-corrected chi connectivity index (χ4v) is 2.81. The Bertz CT molecular complexity index is 933. The Morgan fingerprint density at radius 1 is 1.25 bits per heavy atom. The van der Waals surface area contributed by atoms with Crippen molar-refractivity contribution in [2.75, 3.05) is 12.5 Å². The maximum absolute atomic E-state index is 9.81. The summed E-state index contributed by atoms with van der Waals surface area (Å²) in [5.74, 6) is 0.885. The van der Waals surface area contributed by atoms with E-state index in [4.69, 9.17) is 16.3 Å². The number of aromatic hydroxyl groups is 1. The number of benzene rings is 2. The Labute approximate surface area is 151 Å². The molecule has 122 valence electrons. The number of methoxy groups -OCH3 is 1. The Balaban J connectivity index is 1.88. The summed E-state index contributed by atoms with van der Waals surface area (Å²) in [5, 5.41) is 23.8. The third-order valence-electron chi connectivity index (χ3n) is 3.30. The first-order valence-electron chi connectivity index (χ1n) is 6.86. The lowest BCUT2D eigenvalue weighted by Crippen LogP contribution is -1.97. The highest BCUT2D eigenvalue weighted by Gasteiger charge is 2.08. The summed E-state index contributed by atoms with van der Waals surface area (Å²) in [6.45, 7) is 0. The van der Waals surface area contributed by atoms with Gasteiger partial charge in [-0.1, -0.05) is 35.9 Å². The van der Waals surface area contributed by atoms with Gasteiger partial charge in [-0.2, -0.15) is 5.10 Å². The fraction of sp³-hybridized carbons (Fsp3) is 0.0625. The normalized spacial score (nSPS) is 11.1. The highest BCUT2D eigenvalue weighted by atomic mass is 79.9. The van der Waals surface area contributed by atoms with Crippen LogP contribution in [0.2, 0.25) is 5.15 Å². The van der Waals surface area contributed by atoms with Crippen LogP contribution >= 0.6 is 27.5 Å². The van der Waals surface area contributed by atoms with E-state index >= 15 is 0 Å². The molecular formula is C16H12BrClN4O2. The minimum atomic E-state index is 0.0390. The van der Waals surface area contributed by atoms with Crippen LogP contribution < -0.4 is 10.2 Å². The molecule has 6 nitrogen and oxygen atoms in total. The van der Waals surface area contributed by atoms with E-state index in [9.17, 15) is 5.11 Å². The summed E-state index contributed by atoms with van der Waals surface area (Å²) >= 11 is 9.31. The third-order valence-corrected chi connectivity index (χ3v) is 4.18. The highest BCUT2D eigenvalue weighted by Crippen LogP contribution is 2.34. The van der Waals surface area contributed by atoms with E-state index in [0.717, 1.165) is 16.3 Å². The van der Waals surface area contributed by atoms with Crippen molar-refractivity contribution < 1.29 is 9.84 Å². The lowest BCUT2D eigenvalue weighted by molar-refractivity contribution is 0.372. The number of ether oxygens (including phenoxy) is 1. The van der Waals surface area contributed by atoms with Gasteiger partial charge < -0.3 is 9.84 Å². The molecule has 0 bridgehead atoms. The van der Waals surface area contributed by atoms with Crippen molar-refractivity contribution in [2.45, 2.75) is 0 Å². The van der Waals surface area contributed by atoms with Crippen molar-refractivity contribution in [3.63, 3.8) is 0 Å². The van der Waals surface area contributed by atoms with Crippen LogP contribution in [-0.2, 0) is 0 Å². The lowest BCUT2D eigenvalue weighted by Gasteiger charge is -2.07. The van der Waals surface area contributed by atoms with Gasteiger partial charge in [-0.25, -0.2) is 0 Å². The summed E-state index contributed by atoms with van der Waals surface area (Å²) in [6.07, 6.45) is 1.58. The number of phenols is 1. The number of anilines is 1. The molecule has 2 aromatic carbocycles. The molecule has 2 N–H and O–H groups in total. The molecule has 0 amide bonds. The van der Waals surface area contributed by atoms with Crippen LogP contribution in [-0.4, -0.2) is 28.6 Å². The van der Waals surface area contributed by atoms with E-state index in [1.54, 1.807) is 18.3 Å². The van der Waals surface area contributed by atoms with Crippen LogP contribution in [0, 0.1) is 0 Å². The first kappa shape index (κ1) is 16.5. The van der Waals surface area contributed by atoms with Crippen molar-refractivity contribution in [3.8, 4) is 11.5 Å². The molecule has 3 rings (SSSR count). The Kier molecular flexibility index (Phi) is 4.82. The smallest absolute Gasteiger partial charge is 0.176 e. The molecule has 0 saturated heterocycles. The first-order valence-corrected chi connectivity index (χ1v) is 8.03. The molecule has 3 aromatic rings. The van der Waals surface area contributed by atoms with Gasteiger partial charge in [0.25, 0.3) is 0 Å². The van der Waals surface area contributed by atoms with Crippen LogP contribution in [0.4, 0.5) is 5.82 Å². The SMILES string of the molecule is COc1cc(C=NNc2nnc(Cl)c3ccccc23)cc(Br)c1O. The van der Waals surface area contributed by atoms with Gasteiger partial charge >= 0.3 is 0 Å². The van der Waals surface area contributed by atoms with E-state index in [1.807, 2.05) is 24.3 Å². The average Bonchev–Trinajstić information content (AvgIpc) is 2.60. The van der Waals surface area contributed by atoms with Gasteiger partial charge in [0.1, 0.15) is 0 Å². The van der Waals surface area contributed by atoms with Gasteiger partial charge in [0, 0.05) is 10.8 Å². The maximum Gasteiger partial charge on any atom is 0.176 e. The van der Waals surface area contributed by atoms with Crippen molar-refractivity contribution in [1.82, 2.24) is 10.2 Å². The van der Waals surface area contributed by atoms with Gasteiger partial charge in [0.05, 0.1) is 17.8 Å². The van der Waals surface area contributed by atoms with Gasteiger partial charge in [-0.15, -0.1) is 10.2 Å². The number of halogens is 2. The van der Waals surface area contributed by atoms with Crippen LogP contribution in [0.25, 0.3) is 10.8 Å². The van der Waals surface area contributed by atoms with E-state index in [2.05, 4.69) is 36.7 Å². The molecule has 0 spiro atoms. The van der Waals surface area contributed by atoms with Gasteiger partial charge in [0.2, 0.25) is 0 Å². The van der Waals surface area contributed by atoms with Crippen molar-refractivity contribution in [2.24, 2.45) is 5.10 Å². The Hall–Kier alpha value is -2.38. The molecular weight excluding hydrogens is 396 g/mol. The number of fused-ring (bicyclic) bond motifs is 1. The van der Waals surface area contributed by atoms with Crippen LogP contribution in [0.5, 0.6) is 11.5 Å². The predicted octanol–water partition coefficient (Wildman–Crippen LogP) is 4.21. The highest BCUT2D eigenvalue weighted by molar-refractivity contribution is 9.10. The number of hydrogen-bond acceptors (Lipinski definition) is 6. The number of nitrogens with zero attached hydrogens (tertiary/aromatic N) is 3. The lowest BCUT2D eigenvalue weighted by atomic mass is 10.2. The summed E-state index contributed by atoms with van der Waals surface area (Å²) < 4.78 is 5.62. The van der Waals surface area contributed by atoms with Crippen LogP contribution in [0.1, 0.15) is 5.56 Å². The maximum atomic E-state index is 9.81. The standard InChI is InChI=1S/C16H12BrClN4O2/c1-24-13-7-9(6-12(17)14(13)23)8-19-21-16-11-5-3-2-4-10(11)15(18)20-22-16/h2-8,23H,1H3,(H,21,22). The number of hydrogen-bond donors (Lipinski definition) is 2. The third kappa shape index (κ3) is 3.27. The zero-order valence-corrected chi connectivity index (χ0v) is 14.8. The number of aromatic nitrogens is 2. The molecule has 0 atom stereocenters. The zero-order chi connectivity index (χ0) is 17.1. The summed E-state index contributed by atoms with van der Waals surface area (Å²) in [6, 6.07) is 10.9. The molecule has 8 heteroatoms. The quantitative estimate of drug-likeness (QED) is 0.500. The number of hydrazone groups is 1. The van der Waals surface area contributed by atoms with E-state index < -0.39 is 0 Å². The summed E-state index contributed by atoms with van der Waals surface area (Å²) in [5.41, 5.74) is 3.59. The topological polar surface area (TPSA) is 79.6 Å². The minimum absolute atomic E-state index is 0.0390. The Morgan fingerprint density at radius 2 is 2.00 bits per heavy atom. The van der Waals surface area contributed by atoms with Gasteiger partial charge in [-0.05, 0) is 33.6 Å². The van der Waals surface area contributed by atoms with Gasteiger partial charge in [0.15, 0.2) is 22.5 Å². The largest absolute Gasteiger partial charge is 0.503 e. The summed E-state index contributed by atoms with van der Waals surface area (Å²) in [4.78, 5) is 0. The van der Waals surface area contributed by atoms with Crippen molar-refractivity contribution in [3.05, 3.63) is 51.6 Å². The molecule has 1 heterocycles. The molecule has 0 unspecified atom stereocenters. The van der Waals surface area contributed by atoms with E-state index in [1.165, 1.54) is 7.11 Å². The van der Waals surface area contributed by atoms with E-state index in [0.29, 0.717) is 21.2 Å². The second-order valence-electron chi connectivity index (χ2n) is 4.81. The van der Waals surface area contributed by atoms with Crippen LogP contribution in [0.15, 0.2) is 46.0 Å².